The minimum atomic E-state index is -0.176. The molecule has 1 heterocycles. The van der Waals surface area contributed by atoms with E-state index >= 15 is 0 Å². The molecule has 1 aliphatic carbocycles. The van der Waals surface area contributed by atoms with Crippen LogP contribution in [0.4, 0.5) is 0 Å². The number of carbonyl (C=O) groups is 2. The van der Waals surface area contributed by atoms with E-state index in [1.165, 1.54) is 24.2 Å². The van der Waals surface area contributed by atoms with Crippen LogP contribution in [0.5, 0.6) is 0 Å². The van der Waals surface area contributed by atoms with Crippen LogP contribution in [0.25, 0.3) is 10.8 Å². The minimum Gasteiger partial charge on any atom is -0.317 e. The molecule has 2 amide bonds. The van der Waals surface area contributed by atoms with E-state index in [-0.39, 0.29) is 49.0 Å². The van der Waals surface area contributed by atoms with Gasteiger partial charge in [-0.15, -0.1) is 37.2 Å². The number of carbonyl (C=O) groups excluding carboxylic acids is 2. The Bertz CT molecular complexity index is 858. The molecule has 9 heteroatoms. The molecule has 184 valence electrons. The van der Waals surface area contributed by atoms with Crippen LogP contribution in [0.3, 0.4) is 0 Å². The first-order chi connectivity index (χ1) is 14.8. The number of imide groups is 1. The predicted molar refractivity (Wildman–Crippen MR) is 142 cm³/mol. The Morgan fingerprint density at radius 2 is 1.24 bits per heavy atom. The van der Waals surface area contributed by atoms with Gasteiger partial charge in [0.05, 0.1) is 0 Å². The summed E-state index contributed by atoms with van der Waals surface area (Å²) in [6.45, 7) is 5.38. The Morgan fingerprint density at radius 3 is 1.79 bits per heavy atom. The van der Waals surface area contributed by atoms with Crippen molar-refractivity contribution in [1.82, 2.24) is 20.9 Å². The van der Waals surface area contributed by atoms with Crippen LogP contribution in [-0.2, 0) is 0 Å². The molecule has 4 rings (SSSR count). The second kappa shape index (κ2) is 14.8. The predicted octanol–water partition coefficient (Wildman–Crippen LogP) is 3.80. The fourth-order valence-electron chi connectivity index (χ4n) is 4.04. The van der Waals surface area contributed by atoms with E-state index in [4.69, 9.17) is 0 Å². The Labute approximate surface area is 214 Å². The van der Waals surface area contributed by atoms with E-state index in [2.05, 4.69) is 16.0 Å². The lowest BCUT2D eigenvalue weighted by Crippen LogP contribution is -2.41. The van der Waals surface area contributed by atoms with E-state index in [9.17, 15) is 9.59 Å². The Kier molecular flexibility index (Phi) is 13.3. The normalized spacial score (nSPS) is 14.5. The number of nitrogens with one attached hydrogen (secondary N) is 3. The van der Waals surface area contributed by atoms with Gasteiger partial charge in [0, 0.05) is 29.1 Å². The van der Waals surface area contributed by atoms with Gasteiger partial charge < -0.3 is 16.0 Å². The van der Waals surface area contributed by atoms with Crippen LogP contribution in [0.2, 0.25) is 0 Å². The number of hydrogen-bond donors (Lipinski definition) is 3. The first-order valence-electron chi connectivity index (χ1n) is 11.3. The molecule has 6 nitrogen and oxygen atoms in total. The van der Waals surface area contributed by atoms with Gasteiger partial charge in [-0.1, -0.05) is 24.3 Å². The molecule has 0 aromatic heterocycles. The van der Waals surface area contributed by atoms with Crippen LogP contribution in [0, 0.1) is 0 Å². The Morgan fingerprint density at radius 1 is 0.727 bits per heavy atom. The molecule has 0 radical (unpaired) electrons. The monoisotopic (exact) mass is 516 g/mol. The van der Waals surface area contributed by atoms with Gasteiger partial charge >= 0.3 is 0 Å². The second-order valence-electron chi connectivity index (χ2n) is 8.26. The number of amides is 2. The van der Waals surface area contributed by atoms with Gasteiger partial charge in [0.1, 0.15) is 0 Å². The van der Waals surface area contributed by atoms with Crippen LogP contribution < -0.4 is 16.0 Å². The highest BCUT2D eigenvalue weighted by Crippen LogP contribution is 2.29. The smallest absolute Gasteiger partial charge is 0.261 e. The maximum atomic E-state index is 12.8. The second-order valence-corrected chi connectivity index (χ2v) is 8.26. The highest BCUT2D eigenvalue weighted by molar-refractivity contribution is 6.25. The number of nitrogens with zero attached hydrogens (tertiary/aromatic N) is 1. The quantitative estimate of drug-likeness (QED) is 0.278. The molecule has 2 aromatic rings. The van der Waals surface area contributed by atoms with Gasteiger partial charge in [-0.3, -0.25) is 14.5 Å². The molecule has 0 atom stereocenters. The molecule has 3 N–H and O–H groups in total. The maximum Gasteiger partial charge on any atom is 0.261 e. The molecule has 1 fully saturated rings. The van der Waals surface area contributed by atoms with Crippen molar-refractivity contribution in [3.63, 3.8) is 0 Å². The zero-order valence-corrected chi connectivity index (χ0v) is 21.3. The summed E-state index contributed by atoms with van der Waals surface area (Å²) >= 11 is 0. The summed E-state index contributed by atoms with van der Waals surface area (Å²) in [4.78, 5) is 27.1. The van der Waals surface area contributed by atoms with Gasteiger partial charge in [-0.2, -0.15) is 0 Å². The average molecular weight is 518 g/mol. The fraction of sp³-hybridized carbons (Fsp3) is 0.500. The third-order valence-corrected chi connectivity index (χ3v) is 5.84. The summed E-state index contributed by atoms with van der Waals surface area (Å²) in [5.74, 6) is -0.352. The summed E-state index contributed by atoms with van der Waals surface area (Å²) in [6.07, 6.45) is 5.72. The van der Waals surface area contributed by atoms with Crippen molar-refractivity contribution in [2.45, 2.75) is 38.1 Å². The van der Waals surface area contributed by atoms with Crippen molar-refractivity contribution < 1.29 is 9.59 Å². The number of hydrogen-bond acceptors (Lipinski definition) is 5. The lowest BCUT2D eigenvalue weighted by molar-refractivity contribution is 0.0609. The SMILES string of the molecule is Cl.Cl.Cl.O=C1c2cccc3cccc(c23)C(=O)N1CCCNCCCNCCCNC1CC1. The summed E-state index contributed by atoms with van der Waals surface area (Å²) in [5, 5.41) is 12.2. The lowest BCUT2D eigenvalue weighted by atomic mass is 9.94. The Hall–Kier alpha value is -1.41. The maximum absolute atomic E-state index is 12.8. The molecular weight excluding hydrogens is 483 g/mol. The number of benzene rings is 2. The van der Waals surface area contributed by atoms with Gasteiger partial charge in [0.25, 0.3) is 11.8 Å². The van der Waals surface area contributed by atoms with Crippen LogP contribution in [0.15, 0.2) is 36.4 Å². The molecule has 2 aliphatic rings. The van der Waals surface area contributed by atoms with Crippen molar-refractivity contribution >= 4 is 59.8 Å². The standard InChI is InChI=1S/C24H32N4O2.3ClH/c29-23-20-8-1-6-18-7-2-9-21(22(18)20)24(30)28(23)17-5-15-26-13-3-12-25-14-4-16-27-19-10-11-19;;;/h1-2,6-9,19,25-27H,3-5,10-17H2;3*1H. The summed E-state index contributed by atoms with van der Waals surface area (Å²) in [6, 6.07) is 12.1. The molecule has 0 unspecified atom stereocenters. The Balaban J connectivity index is 0.00000181. The summed E-state index contributed by atoms with van der Waals surface area (Å²) in [5.41, 5.74) is 1.27. The van der Waals surface area contributed by atoms with Gasteiger partial charge in [0.2, 0.25) is 0 Å². The number of halogens is 3. The number of rotatable bonds is 13. The molecule has 0 bridgehead atoms. The summed E-state index contributed by atoms with van der Waals surface area (Å²) < 4.78 is 0. The van der Waals surface area contributed by atoms with Crippen LogP contribution >= 0.6 is 37.2 Å². The molecule has 1 saturated carbocycles. The average Bonchev–Trinajstić information content (AvgIpc) is 3.59. The van der Waals surface area contributed by atoms with Crippen molar-refractivity contribution in [3.8, 4) is 0 Å². The van der Waals surface area contributed by atoms with Crippen molar-refractivity contribution in [2.24, 2.45) is 0 Å². The van der Waals surface area contributed by atoms with E-state index in [1.807, 2.05) is 36.4 Å². The largest absolute Gasteiger partial charge is 0.317 e. The van der Waals surface area contributed by atoms with Crippen LogP contribution in [-0.4, -0.2) is 62.0 Å². The molecule has 0 saturated heterocycles. The van der Waals surface area contributed by atoms with Gasteiger partial charge in [-0.25, -0.2) is 0 Å². The lowest BCUT2D eigenvalue weighted by Gasteiger charge is -2.27. The van der Waals surface area contributed by atoms with E-state index in [1.54, 1.807) is 0 Å². The van der Waals surface area contributed by atoms with Crippen LogP contribution in [0.1, 0.15) is 52.8 Å². The minimum absolute atomic E-state index is 0. The van der Waals surface area contributed by atoms with Crippen molar-refractivity contribution in [1.29, 1.82) is 0 Å². The molecule has 1 aliphatic heterocycles. The van der Waals surface area contributed by atoms with Crippen molar-refractivity contribution in [2.75, 3.05) is 39.3 Å². The zero-order chi connectivity index (χ0) is 20.8. The molecule has 0 spiro atoms. The highest BCUT2D eigenvalue weighted by Gasteiger charge is 2.31. The summed E-state index contributed by atoms with van der Waals surface area (Å²) in [7, 11) is 0. The van der Waals surface area contributed by atoms with E-state index < -0.39 is 0 Å². The van der Waals surface area contributed by atoms with Gasteiger partial charge in [0.15, 0.2) is 0 Å². The third-order valence-electron chi connectivity index (χ3n) is 5.84. The third kappa shape index (κ3) is 7.81. The van der Waals surface area contributed by atoms with E-state index in [0.29, 0.717) is 17.7 Å². The molecular formula is C24H35Cl3N4O2. The molecule has 33 heavy (non-hydrogen) atoms. The topological polar surface area (TPSA) is 73.5 Å². The zero-order valence-electron chi connectivity index (χ0n) is 18.8. The first-order valence-corrected chi connectivity index (χ1v) is 11.3. The fourth-order valence-corrected chi connectivity index (χ4v) is 4.04. The molecule has 2 aromatic carbocycles. The first kappa shape index (κ1) is 29.6. The van der Waals surface area contributed by atoms with Crippen molar-refractivity contribution in [3.05, 3.63) is 47.5 Å². The van der Waals surface area contributed by atoms with Gasteiger partial charge in [-0.05, 0) is 82.3 Å². The van der Waals surface area contributed by atoms with E-state index in [0.717, 1.165) is 62.4 Å². The highest BCUT2D eigenvalue weighted by atomic mass is 35.5.